The summed E-state index contributed by atoms with van der Waals surface area (Å²) in [5.41, 5.74) is 7.98. The number of carbonyl (C=O) groups excluding carboxylic acids is 3. The molecule has 12 nitrogen and oxygen atoms in total. The molecular formula is C33H40N4O8. The average molecular weight is 621 g/mol. The number of carboxylic acids is 1. The molecule has 0 spiro atoms. The highest BCUT2D eigenvalue weighted by Crippen LogP contribution is 2.15. The molecule has 0 aromatic heterocycles. The molecule has 9 N–H and O–H groups in total. The number of carboxylic acid groups (broad SMARTS) is 1. The van der Waals surface area contributed by atoms with Gasteiger partial charge in [0.05, 0.1) is 6.04 Å². The van der Waals surface area contributed by atoms with Crippen molar-refractivity contribution in [1.82, 2.24) is 16.0 Å². The van der Waals surface area contributed by atoms with Crippen LogP contribution < -0.4 is 21.7 Å². The Morgan fingerprint density at radius 1 is 0.578 bits per heavy atom. The van der Waals surface area contributed by atoms with Crippen molar-refractivity contribution in [3.8, 4) is 17.2 Å². The van der Waals surface area contributed by atoms with Crippen LogP contribution in [0.4, 0.5) is 0 Å². The highest BCUT2D eigenvalue weighted by molar-refractivity contribution is 5.94. The summed E-state index contributed by atoms with van der Waals surface area (Å²) < 4.78 is 0. The first kappa shape index (κ1) is 34.4. The van der Waals surface area contributed by atoms with Gasteiger partial charge in [-0.2, -0.15) is 0 Å². The van der Waals surface area contributed by atoms with Crippen molar-refractivity contribution < 1.29 is 39.6 Å². The summed E-state index contributed by atoms with van der Waals surface area (Å²) in [6, 6.07) is 13.5. The molecule has 0 radical (unpaired) electrons. The van der Waals surface area contributed by atoms with E-state index in [0.717, 1.165) is 0 Å². The van der Waals surface area contributed by atoms with Gasteiger partial charge in [0.2, 0.25) is 17.7 Å². The summed E-state index contributed by atoms with van der Waals surface area (Å²) in [4.78, 5) is 52.2. The second-order valence-corrected chi connectivity index (χ2v) is 11.4. The fourth-order valence-electron chi connectivity index (χ4n) is 4.65. The van der Waals surface area contributed by atoms with Crippen molar-refractivity contribution in [2.45, 2.75) is 63.7 Å². The van der Waals surface area contributed by atoms with Gasteiger partial charge < -0.3 is 42.1 Å². The van der Waals surface area contributed by atoms with Gasteiger partial charge in [0.15, 0.2) is 0 Å². The summed E-state index contributed by atoms with van der Waals surface area (Å²) in [5, 5.41) is 46.4. The molecule has 0 heterocycles. The Balaban J connectivity index is 1.78. The predicted octanol–water partition coefficient (Wildman–Crippen LogP) is 1.74. The van der Waals surface area contributed by atoms with Gasteiger partial charge in [-0.05, 0) is 71.8 Å². The van der Waals surface area contributed by atoms with Crippen LogP contribution in [0.15, 0.2) is 72.8 Å². The Kier molecular flexibility index (Phi) is 12.3. The van der Waals surface area contributed by atoms with Crippen LogP contribution in [0.1, 0.15) is 37.0 Å². The highest BCUT2D eigenvalue weighted by atomic mass is 16.4. The normalized spacial score (nSPS) is 13.7. The summed E-state index contributed by atoms with van der Waals surface area (Å²) in [5.74, 6) is -3.23. The average Bonchev–Trinajstić information content (AvgIpc) is 2.99. The minimum Gasteiger partial charge on any atom is -0.508 e. The van der Waals surface area contributed by atoms with E-state index < -0.39 is 47.9 Å². The number of benzene rings is 3. The van der Waals surface area contributed by atoms with E-state index in [1.54, 1.807) is 36.4 Å². The number of nitrogens with two attached hydrogens (primary N) is 1. The van der Waals surface area contributed by atoms with Crippen LogP contribution >= 0.6 is 0 Å². The molecule has 3 aromatic rings. The molecule has 0 aliphatic heterocycles. The van der Waals surface area contributed by atoms with Crippen LogP contribution in [0.5, 0.6) is 17.2 Å². The molecule has 3 amide bonds. The van der Waals surface area contributed by atoms with Gasteiger partial charge in [-0.1, -0.05) is 50.2 Å². The zero-order valence-electron chi connectivity index (χ0n) is 25.1. The van der Waals surface area contributed by atoms with E-state index in [0.29, 0.717) is 16.7 Å². The monoisotopic (exact) mass is 620 g/mol. The fraction of sp³-hybridized carbons (Fsp3) is 0.333. The summed E-state index contributed by atoms with van der Waals surface area (Å²) >= 11 is 0. The number of carbonyl (C=O) groups is 4. The van der Waals surface area contributed by atoms with E-state index in [9.17, 15) is 39.6 Å². The van der Waals surface area contributed by atoms with Gasteiger partial charge in [-0.15, -0.1) is 0 Å². The van der Waals surface area contributed by atoms with Crippen LogP contribution in [-0.2, 0) is 38.4 Å². The lowest BCUT2D eigenvalue weighted by molar-refractivity contribution is -0.142. The Labute approximate surface area is 261 Å². The summed E-state index contributed by atoms with van der Waals surface area (Å²) in [7, 11) is 0. The molecule has 3 aromatic carbocycles. The zero-order valence-corrected chi connectivity index (χ0v) is 25.1. The number of nitrogens with one attached hydrogen (secondary N) is 3. The van der Waals surface area contributed by atoms with Gasteiger partial charge in [0.25, 0.3) is 0 Å². The first-order valence-electron chi connectivity index (χ1n) is 14.5. The minimum atomic E-state index is -1.34. The maximum atomic E-state index is 13.6. The van der Waals surface area contributed by atoms with E-state index in [1.165, 1.54) is 36.4 Å². The molecule has 0 saturated carbocycles. The van der Waals surface area contributed by atoms with Gasteiger partial charge in [-0.25, -0.2) is 4.79 Å². The van der Waals surface area contributed by atoms with Crippen molar-refractivity contribution in [1.29, 1.82) is 0 Å². The second kappa shape index (κ2) is 16.1. The van der Waals surface area contributed by atoms with E-state index in [2.05, 4.69) is 16.0 Å². The number of amides is 3. The predicted molar refractivity (Wildman–Crippen MR) is 166 cm³/mol. The Morgan fingerprint density at radius 3 is 1.36 bits per heavy atom. The van der Waals surface area contributed by atoms with Crippen LogP contribution in [0, 0.1) is 5.92 Å². The van der Waals surface area contributed by atoms with E-state index >= 15 is 0 Å². The van der Waals surface area contributed by atoms with Crippen LogP contribution in [-0.4, -0.2) is 68.3 Å². The lowest BCUT2D eigenvalue weighted by Crippen LogP contribution is -2.58. The number of phenols is 3. The Morgan fingerprint density at radius 2 is 0.933 bits per heavy atom. The first-order valence-corrected chi connectivity index (χ1v) is 14.5. The third kappa shape index (κ3) is 11.2. The van der Waals surface area contributed by atoms with Gasteiger partial charge in [-0.3, -0.25) is 14.4 Å². The number of phenolic OH excluding ortho intramolecular Hbond substituents is 3. The number of hydrogen-bond acceptors (Lipinski definition) is 8. The molecule has 0 saturated heterocycles. The van der Waals surface area contributed by atoms with E-state index in [4.69, 9.17) is 5.73 Å². The van der Waals surface area contributed by atoms with Gasteiger partial charge in [0, 0.05) is 12.8 Å². The smallest absolute Gasteiger partial charge is 0.326 e. The quantitative estimate of drug-likeness (QED) is 0.124. The van der Waals surface area contributed by atoms with Crippen molar-refractivity contribution in [2.75, 3.05) is 0 Å². The van der Waals surface area contributed by atoms with Crippen molar-refractivity contribution in [2.24, 2.45) is 11.7 Å². The van der Waals surface area contributed by atoms with E-state index in [-0.39, 0.29) is 48.8 Å². The summed E-state index contributed by atoms with van der Waals surface area (Å²) in [6.45, 7) is 3.73. The number of aromatic hydroxyl groups is 3. The third-order valence-electron chi connectivity index (χ3n) is 7.07. The lowest BCUT2D eigenvalue weighted by Gasteiger charge is -2.26. The Hall–Kier alpha value is -5.10. The van der Waals surface area contributed by atoms with Crippen LogP contribution in [0.25, 0.3) is 0 Å². The largest absolute Gasteiger partial charge is 0.508 e. The molecule has 4 atom stereocenters. The van der Waals surface area contributed by atoms with Crippen molar-refractivity contribution in [3.05, 3.63) is 89.5 Å². The first-order chi connectivity index (χ1) is 21.3. The minimum absolute atomic E-state index is 0.00646. The fourth-order valence-corrected chi connectivity index (χ4v) is 4.65. The SMILES string of the molecule is CC(C)CC(NC(=O)C(N)Cc1ccc(O)cc1)C(=O)NC(Cc1ccc(O)cc1)C(=O)NC(Cc1ccc(O)cc1)C(=O)O. The number of hydrogen-bond donors (Lipinski definition) is 8. The van der Waals surface area contributed by atoms with Gasteiger partial charge in [0.1, 0.15) is 35.4 Å². The molecule has 0 aliphatic carbocycles. The molecule has 4 unspecified atom stereocenters. The van der Waals surface area contributed by atoms with Crippen molar-refractivity contribution >= 4 is 23.7 Å². The maximum absolute atomic E-state index is 13.6. The number of aliphatic carboxylic acids is 1. The van der Waals surface area contributed by atoms with E-state index in [1.807, 2.05) is 13.8 Å². The van der Waals surface area contributed by atoms with Crippen molar-refractivity contribution in [3.63, 3.8) is 0 Å². The maximum Gasteiger partial charge on any atom is 0.326 e. The zero-order chi connectivity index (χ0) is 33.1. The Bertz CT molecular complexity index is 1440. The molecular weight excluding hydrogens is 580 g/mol. The molecule has 0 fully saturated rings. The second-order valence-electron chi connectivity index (χ2n) is 11.4. The van der Waals surface area contributed by atoms with Crippen LogP contribution in [0.3, 0.4) is 0 Å². The molecule has 0 aliphatic rings. The molecule has 240 valence electrons. The van der Waals surface area contributed by atoms with Crippen LogP contribution in [0.2, 0.25) is 0 Å². The molecule has 12 heteroatoms. The molecule has 3 rings (SSSR count). The summed E-state index contributed by atoms with van der Waals surface area (Å²) in [6.07, 6.45) is 0.277. The van der Waals surface area contributed by atoms with Gasteiger partial charge >= 0.3 is 5.97 Å². The number of rotatable bonds is 15. The standard InChI is InChI=1S/C33H40N4O8/c1-19(2)15-27(35-30(41)26(34)16-20-3-9-23(38)10-4-20)31(42)36-28(17-21-5-11-24(39)12-6-21)32(43)37-29(33(44)45)18-22-7-13-25(40)14-8-22/h3-14,19,26-29,38-40H,15-18,34H2,1-2H3,(H,35,41)(H,36,42)(H,37,43)(H,44,45). The molecule has 45 heavy (non-hydrogen) atoms. The molecule has 0 bridgehead atoms. The third-order valence-corrected chi connectivity index (χ3v) is 7.07. The lowest BCUT2D eigenvalue weighted by atomic mass is 9.99. The highest BCUT2D eigenvalue weighted by Gasteiger charge is 2.31. The topological polar surface area (TPSA) is 211 Å².